The lowest BCUT2D eigenvalue weighted by molar-refractivity contribution is 0.575. The molecule has 0 amide bonds. The molecule has 0 aliphatic rings. The molecular weight excluding hydrogens is 379 g/mol. The Morgan fingerprint density at radius 2 is 2.10 bits per heavy atom. The van der Waals surface area contributed by atoms with E-state index in [4.69, 9.17) is 5.73 Å². The summed E-state index contributed by atoms with van der Waals surface area (Å²) in [5.74, 6) is -0.627. The molecule has 0 unspecified atom stereocenters. The van der Waals surface area contributed by atoms with E-state index >= 15 is 0 Å². The third-order valence-electron chi connectivity index (χ3n) is 2.90. The van der Waals surface area contributed by atoms with E-state index in [9.17, 15) is 12.8 Å². The van der Waals surface area contributed by atoms with Crippen molar-refractivity contribution in [1.82, 2.24) is 4.72 Å². The fraction of sp³-hybridized carbons (Fsp3) is 0.231. The molecule has 0 spiro atoms. The number of nitrogen functional groups attached to an aromatic ring is 1. The monoisotopic (exact) mass is 392 g/mol. The Morgan fingerprint density at radius 3 is 2.71 bits per heavy atom. The Hall–Kier alpha value is -0.960. The van der Waals surface area contributed by atoms with Crippen LogP contribution in [0.5, 0.6) is 0 Å². The molecular formula is C13H14BrFN2O2S2. The van der Waals surface area contributed by atoms with Gasteiger partial charge in [-0.1, -0.05) is 0 Å². The number of anilines is 1. The molecule has 1 aromatic heterocycles. The molecule has 0 aliphatic carbocycles. The fourth-order valence-electron chi connectivity index (χ4n) is 1.83. The zero-order chi connectivity index (χ0) is 15.6. The number of thiophene rings is 1. The number of rotatable bonds is 5. The number of hydrogen-bond acceptors (Lipinski definition) is 4. The minimum absolute atomic E-state index is 0.0653. The molecule has 4 nitrogen and oxygen atoms in total. The van der Waals surface area contributed by atoms with Crippen LogP contribution in [-0.2, 0) is 16.4 Å². The van der Waals surface area contributed by atoms with Gasteiger partial charge in [0.1, 0.15) is 5.82 Å². The highest BCUT2D eigenvalue weighted by Gasteiger charge is 2.19. The Balaban J connectivity index is 2.12. The number of nitrogens with two attached hydrogens (primary N) is 1. The highest BCUT2D eigenvalue weighted by atomic mass is 79.9. The lowest BCUT2D eigenvalue weighted by Gasteiger charge is -2.10. The van der Waals surface area contributed by atoms with E-state index in [2.05, 4.69) is 20.7 Å². The number of benzene rings is 1. The fourth-order valence-corrected chi connectivity index (χ4v) is 4.63. The van der Waals surface area contributed by atoms with Gasteiger partial charge in [0.15, 0.2) is 0 Å². The first-order valence-corrected chi connectivity index (χ1v) is 9.18. The van der Waals surface area contributed by atoms with Crippen molar-refractivity contribution >= 4 is 43.0 Å². The SMILES string of the molecule is Cc1c(F)cc(N)cc1S(=O)(=O)NCCc1ccc(Br)s1. The first kappa shape index (κ1) is 16.4. The van der Waals surface area contributed by atoms with Crippen molar-refractivity contribution in [2.45, 2.75) is 18.2 Å². The van der Waals surface area contributed by atoms with E-state index in [1.54, 1.807) is 11.3 Å². The number of nitrogens with one attached hydrogen (secondary N) is 1. The standard InChI is InChI=1S/C13H14BrFN2O2S2/c1-8-11(15)6-9(16)7-12(8)21(18,19)17-5-4-10-2-3-13(14)20-10/h2-3,6-7,17H,4-5,16H2,1H3. The zero-order valence-electron chi connectivity index (χ0n) is 11.2. The van der Waals surface area contributed by atoms with Gasteiger partial charge in [0.05, 0.1) is 8.68 Å². The molecule has 0 fully saturated rings. The highest BCUT2D eigenvalue weighted by Crippen LogP contribution is 2.23. The van der Waals surface area contributed by atoms with Gasteiger partial charge in [0, 0.05) is 22.7 Å². The third kappa shape index (κ3) is 4.03. The second kappa shape index (κ2) is 6.43. The molecule has 0 atom stereocenters. The summed E-state index contributed by atoms with van der Waals surface area (Å²) in [6, 6.07) is 6.21. The minimum Gasteiger partial charge on any atom is -0.399 e. The molecule has 0 saturated heterocycles. The Morgan fingerprint density at radius 1 is 1.38 bits per heavy atom. The van der Waals surface area contributed by atoms with Gasteiger partial charge in [-0.3, -0.25) is 0 Å². The summed E-state index contributed by atoms with van der Waals surface area (Å²) < 4.78 is 41.5. The molecule has 21 heavy (non-hydrogen) atoms. The van der Waals surface area contributed by atoms with E-state index < -0.39 is 15.8 Å². The van der Waals surface area contributed by atoms with Crippen molar-refractivity contribution < 1.29 is 12.8 Å². The average Bonchev–Trinajstić information content (AvgIpc) is 2.79. The molecule has 0 bridgehead atoms. The van der Waals surface area contributed by atoms with Gasteiger partial charge in [-0.15, -0.1) is 11.3 Å². The van der Waals surface area contributed by atoms with Gasteiger partial charge in [-0.2, -0.15) is 0 Å². The lowest BCUT2D eigenvalue weighted by atomic mass is 10.2. The Labute approximate surface area is 135 Å². The van der Waals surface area contributed by atoms with Crippen LogP contribution in [0, 0.1) is 12.7 Å². The van der Waals surface area contributed by atoms with E-state index in [0.717, 1.165) is 14.7 Å². The van der Waals surface area contributed by atoms with Crippen LogP contribution >= 0.6 is 27.3 Å². The molecule has 3 N–H and O–H groups in total. The van der Waals surface area contributed by atoms with Crippen LogP contribution in [-0.4, -0.2) is 15.0 Å². The van der Waals surface area contributed by atoms with Crippen molar-refractivity contribution in [2.75, 3.05) is 12.3 Å². The maximum Gasteiger partial charge on any atom is 0.241 e. The normalized spacial score (nSPS) is 11.8. The quantitative estimate of drug-likeness (QED) is 0.767. The number of hydrogen-bond donors (Lipinski definition) is 2. The molecule has 114 valence electrons. The maximum absolute atomic E-state index is 13.6. The summed E-state index contributed by atoms with van der Waals surface area (Å²) in [5.41, 5.74) is 5.66. The second-order valence-corrected chi connectivity index (χ2v) is 8.76. The van der Waals surface area contributed by atoms with Crippen LogP contribution in [0.15, 0.2) is 32.9 Å². The van der Waals surface area contributed by atoms with Gasteiger partial charge in [0.2, 0.25) is 10.0 Å². The maximum atomic E-state index is 13.6. The van der Waals surface area contributed by atoms with E-state index in [1.165, 1.54) is 13.0 Å². The summed E-state index contributed by atoms with van der Waals surface area (Å²) in [7, 11) is -3.78. The van der Waals surface area contributed by atoms with Crippen molar-refractivity contribution in [3.05, 3.63) is 44.3 Å². The summed E-state index contributed by atoms with van der Waals surface area (Å²) >= 11 is 4.89. The minimum atomic E-state index is -3.78. The van der Waals surface area contributed by atoms with Crippen LogP contribution in [0.25, 0.3) is 0 Å². The van der Waals surface area contributed by atoms with E-state index in [-0.39, 0.29) is 22.7 Å². The number of sulfonamides is 1. The first-order chi connectivity index (χ1) is 9.79. The molecule has 2 rings (SSSR count). The molecule has 1 heterocycles. The van der Waals surface area contributed by atoms with Crippen LogP contribution in [0.3, 0.4) is 0 Å². The molecule has 0 radical (unpaired) electrons. The van der Waals surface area contributed by atoms with Crippen molar-refractivity contribution in [1.29, 1.82) is 0 Å². The summed E-state index contributed by atoms with van der Waals surface area (Å²) in [5, 5.41) is 0. The smallest absolute Gasteiger partial charge is 0.241 e. The molecule has 0 saturated carbocycles. The molecule has 0 aliphatic heterocycles. The van der Waals surface area contributed by atoms with Gasteiger partial charge in [-0.25, -0.2) is 17.5 Å². The third-order valence-corrected chi connectivity index (χ3v) is 6.17. The van der Waals surface area contributed by atoms with Crippen LogP contribution in [0.2, 0.25) is 0 Å². The second-order valence-electron chi connectivity index (χ2n) is 4.48. The van der Waals surface area contributed by atoms with Gasteiger partial charge in [0.25, 0.3) is 0 Å². The van der Waals surface area contributed by atoms with Crippen LogP contribution < -0.4 is 10.5 Å². The van der Waals surface area contributed by atoms with Crippen LogP contribution in [0.4, 0.5) is 10.1 Å². The van der Waals surface area contributed by atoms with Crippen molar-refractivity contribution in [2.24, 2.45) is 0 Å². The first-order valence-electron chi connectivity index (χ1n) is 6.09. The number of halogens is 2. The molecule has 8 heteroatoms. The van der Waals surface area contributed by atoms with Gasteiger partial charge in [-0.05, 0) is 53.5 Å². The van der Waals surface area contributed by atoms with Crippen molar-refractivity contribution in [3.63, 3.8) is 0 Å². The molecule has 1 aromatic carbocycles. The van der Waals surface area contributed by atoms with Crippen LogP contribution in [0.1, 0.15) is 10.4 Å². The summed E-state index contributed by atoms with van der Waals surface area (Å²) in [4.78, 5) is 0.937. The highest BCUT2D eigenvalue weighted by molar-refractivity contribution is 9.11. The summed E-state index contributed by atoms with van der Waals surface area (Å²) in [6.45, 7) is 1.66. The van der Waals surface area contributed by atoms with E-state index in [0.29, 0.717) is 6.42 Å². The average molecular weight is 393 g/mol. The van der Waals surface area contributed by atoms with Gasteiger partial charge < -0.3 is 5.73 Å². The predicted octanol–water partition coefficient (Wildman–Crippen LogP) is 3.06. The topological polar surface area (TPSA) is 72.2 Å². The zero-order valence-corrected chi connectivity index (χ0v) is 14.4. The van der Waals surface area contributed by atoms with Gasteiger partial charge >= 0.3 is 0 Å². The largest absolute Gasteiger partial charge is 0.399 e. The Kier molecular flexibility index (Phi) is 5.03. The summed E-state index contributed by atoms with van der Waals surface area (Å²) in [6.07, 6.45) is 0.569. The lowest BCUT2D eigenvalue weighted by Crippen LogP contribution is -2.26. The van der Waals surface area contributed by atoms with Crippen molar-refractivity contribution in [3.8, 4) is 0 Å². The van der Waals surface area contributed by atoms with E-state index in [1.807, 2.05) is 12.1 Å². The Bertz CT molecular complexity index is 760. The molecule has 2 aromatic rings. The predicted molar refractivity (Wildman–Crippen MR) is 86.5 cm³/mol.